The van der Waals surface area contributed by atoms with Crippen LogP contribution in [0, 0.1) is 17.1 Å². The Kier molecular flexibility index (Phi) is 4.14. The van der Waals surface area contributed by atoms with Gasteiger partial charge in [0.1, 0.15) is 5.82 Å². The number of aliphatic imine (C=N–C) groups is 1. The van der Waals surface area contributed by atoms with E-state index in [0.29, 0.717) is 22.8 Å². The molecule has 1 aliphatic rings. The van der Waals surface area contributed by atoms with Gasteiger partial charge in [-0.3, -0.25) is 4.99 Å². The number of allylic oxidation sites excluding steroid dienone is 1. The highest BCUT2D eigenvalue weighted by molar-refractivity contribution is 6.31. The van der Waals surface area contributed by atoms with E-state index in [1.165, 1.54) is 12.1 Å². The minimum absolute atomic E-state index is 0.292. The summed E-state index contributed by atoms with van der Waals surface area (Å²) in [5, 5.41) is 9.51. The number of nitrogens with zero attached hydrogens (tertiary/aromatic N) is 3. The zero-order chi connectivity index (χ0) is 16.4. The first kappa shape index (κ1) is 15.3. The Morgan fingerprint density at radius 1 is 1.26 bits per heavy atom. The third-order valence-corrected chi connectivity index (χ3v) is 4.00. The van der Waals surface area contributed by atoms with Crippen LogP contribution < -0.4 is 4.90 Å². The van der Waals surface area contributed by atoms with Crippen LogP contribution in [0.5, 0.6) is 0 Å². The topological polar surface area (TPSA) is 39.4 Å². The summed E-state index contributed by atoms with van der Waals surface area (Å²) in [4.78, 5) is 6.43. The van der Waals surface area contributed by atoms with E-state index in [1.54, 1.807) is 30.3 Å². The van der Waals surface area contributed by atoms with Gasteiger partial charge in [-0.1, -0.05) is 23.7 Å². The molecule has 0 N–H and O–H groups in total. The van der Waals surface area contributed by atoms with Gasteiger partial charge in [-0.25, -0.2) is 4.39 Å². The van der Waals surface area contributed by atoms with Crippen molar-refractivity contribution in [3.8, 4) is 6.07 Å². The first-order valence-electron chi connectivity index (χ1n) is 7.03. The Morgan fingerprint density at radius 2 is 2.04 bits per heavy atom. The molecule has 2 aromatic carbocycles. The average Bonchev–Trinajstić information content (AvgIpc) is 2.67. The first-order valence-corrected chi connectivity index (χ1v) is 7.41. The number of benzodiazepines with no additional fused rings is 1. The molecule has 0 aliphatic carbocycles. The summed E-state index contributed by atoms with van der Waals surface area (Å²) < 4.78 is 14.2. The minimum Gasteiger partial charge on any atom is -0.345 e. The molecule has 2 aromatic rings. The Balaban J connectivity index is 2.27. The van der Waals surface area contributed by atoms with Crippen LogP contribution in [-0.4, -0.2) is 19.3 Å². The number of nitriles is 1. The summed E-state index contributed by atoms with van der Waals surface area (Å²) in [5.41, 5.74) is 3.26. The second-order valence-electron chi connectivity index (χ2n) is 5.13. The van der Waals surface area contributed by atoms with Gasteiger partial charge in [0.15, 0.2) is 0 Å². The number of rotatable bonds is 1. The summed E-state index contributed by atoms with van der Waals surface area (Å²) in [5.74, 6) is -0.340. The average molecular weight is 326 g/mol. The molecule has 3 nitrogen and oxygen atoms in total. The molecule has 23 heavy (non-hydrogen) atoms. The minimum atomic E-state index is -0.340. The zero-order valence-electron chi connectivity index (χ0n) is 12.4. The molecule has 0 unspecified atom stereocenters. The van der Waals surface area contributed by atoms with Crippen molar-refractivity contribution in [2.24, 2.45) is 4.99 Å². The van der Waals surface area contributed by atoms with Crippen LogP contribution in [0.25, 0.3) is 0 Å². The van der Waals surface area contributed by atoms with Gasteiger partial charge < -0.3 is 4.90 Å². The van der Waals surface area contributed by atoms with Crippen LogP contribution in [0.15, 0.2) is 59.2 Å². The third kappa shape index (κ3) is 2.84. The highest BCUT2D eigenvalue weighted by Crippen LogP contribution is 2.31. The maximum atomic E-state index is 14.2. The van der Waals surface area contributed by atoms with Gasteiger partial charge >= 0.3 is 0 Å². The Bertz CT molecular complexity index is 865. The molecule has 5 heteroatoms. The lowest BCUT2D eigenvalue weighted by atomic mass is 10.00. The molecule has 3 rings (SSSR count). The Labute approximate surface area is 138 Å². The number of benzene rings is 2. The van der Waals surface area contributed by atoms with Crippen LogP contribution >= 0.6 is 11.6 Å². The van der Waals surface area contributed by atoms with Crippen molar-refractivity contribution in [2.75, 3.05) is 18.5 Å². The van der Waals surface area contributed by atoms with Crippen molar-refractivity contribution in [3.63, 3.8) is 0 Å². The normalized spacial score (nSPS) is 15.7. The molecule has 0 saturated heterocycles. The third-order valence-electron chi connectivity index (χ3n) is 3.77. The molecule has 0 amide bonds. The van der Waals surface area contributed by atoms with Crippen LogP contribution in [-0.2, 0) is 0 Å². The fourth-order valence-corrected chi connectivity index (χ4v) is 2.77. The number of hydrogen-bond acceptors (Lipinski definition) is 3. The van der Waals surface area contributed by atoms with Gasteiger partial charge in [-0.05, 0) is 30.3 Å². The van der Waals surface area contributed by atoms with Gasteiger partial charge in [0.05, 0.1) is 24.0 Å². The van der Waals surface area contributed by atoms with Crippen molar-refractivity contribution >= 4 is 23.0 Å². The van der Waals surface area contributed by atoms with Crippen LogP contribution in [0.3, 0.4) is 0 Å². The Hall–Kier alpha value is -2.64. The van der Waals surface area contributed by atoms with Crippen molar-refractivity contribution in [2.45, 2.75) is 0 Å². The quantitative estimate of drug-likeness (QED) is 0.738. The zero-order valence-corrected chi connectivity index (χ0v) is 13.2. The molecular formula is C18H13ClFN3. The predicted molar refractivity (Wildman–Crippen MR) is 90.5 cm³/mol. The van der Waals surface area contributed by atoms with Gasteiger partial charge in [0.25, 0.3) is 0 Å². The first-order chi connectivity index (χ1) is 11.1. The van der Waals surface area contributed by atoms with E-state index in [9.17, 15) is 4.39 Å². The van der Waals surface area contributed by atoms with Gasteiger partial charge in [-0.15, -0.1) is 0 Å². The molecule has 114 valence electrons. The molecule has 1 aliphatic heterocycles. The van der Waals surface area contributed by atoms with Crippen LogP contribution in [0.2, 0.25) is 5.02 Å². The lowest BCUT2D eigenvalue weighted by Gasteiger charge is -2.21. The van der Waals surface area contributed by atoms with E-state index in [-0.39, 0.29) is 5.82 Å². The maximum absolute atomic E-state index is 14.2. The van der Waals surface area contributed by atoms with E-state index in [4.69, 9.17) is 16.9 Å². The van der Waals surface area contributed by atoms with E-state index in [0.717, 1.165) is 16.9 Å². The highest BCUT2D eigenvalue weighted by atomic mass is 35.5. The molecule has 0 radical (unpaired) electrons. The number of fused-ring (bicyclic) bond motifs is 1. The van der Waals surface area contributed by atoms with Gasteiger partial charge in [0, 0.05) is 35.0 Å². The predicted octanol–water partition coefficient (Wildman–Crippen LogP) is 4.17. The van der Waals surface area contributed by atoms with Crippen LogP contribution in [0.4, 0.5) is 10.1 Å². The summed E-state index contributed by atoms with van der Waals surface area (Å²) in [6, 6.07) is 13.9. The molecular weight excluding hydrogens is 313 g/mol. The smallest absolute Gasteiger partial charge is 0.132 e. The Morgan fingerprint density at radius 3 is 2.78 bits per heavy atom. The molecule has 0 spiro atoms. The molecule has 0 atom stereocenters. The molecule has 0 aromatic heterocycles. The second kappa shape index (κ2) is 6.23. The van der Waals surface area contributed by atoms with E-state index in [2.05, 4.69) is 4.99 Å². The summed E-state index contributed by atoms with van der Waals surface area (Å²) in [6.45, 7) is 0.292. The summed E-state index contributed by atoms with van der Waals surface area (Å²) in [7, 11) is 1.86. The van der Waals surface area contributed by atoms with Crippen molar-refractivity contribution in [3.05, 3.63) is 76.2 Å². The van der Waals surface area contributed by atoms with E-state index < -0.39 is 0 Å². The second-order valence-corrected chi connectivity index (χ2v) is 5.57. The largest absolute Gasteiger partial charge is 0.345 e. The van der Waals surface area contributed by atoms with Gasteiger partial charge in [0.2, 0.25) is 0 Å². The van der Waals surface area contributed by atoms with E-state index in [1.807, 2.05) is 24.1 Å². The lowest BCUT2D eigenvalue weighted by Crippen LogP contribution is -2.18. The fraction of sp³-hybridized carbons (Fsp3) is 0.111. The van der Waals surface area contributed by atoms with Crippen molar-refractivity contribution in [1.29, 1.82) is 5.26 Å². The van der Waals surface area contributed by atoms with E-state index >= 15 is 0 Å². The van der Waals surface area contributed by atoms with Gasteiger partial charge in [-0.2, -0.15) is 5.26 Å². The molecule has 0 bridgehead atoms. The van der Waals surface area contributed by atoms with Crippen LogP contribution in [0.1, 0.15) is 11.1 Å². The maximum Gasteiger partial charge on any atom is 0.132 e. The number of anilines is 1. The number of halogens is 2. The fourth-order valence-electron chi connectivity index (χ4n) is 2.60. The number of likely N-dealkylation sites (N-methyl/N-ethyl adjacent to an activating group) is 1. The van der Waals surface area contributed by atoms with Crippen molar-refractivity contribution in [1.82, 2.24) is 0 Å². The number of hydrogen-bond donors (Lipinski definition) is 0. The highest BCUT2D eigenvalue weighted by Gasteiger charge is 2.22. The molecule has 1 heterocycles. The summed E-state index contributed by atoms with van der Waals surface area (Å²) >= 11 is 6.13. The molecule has 0 saturated carbocycles. The SMILES string of the molecule is CN1C(=CC#N)CN=C(c2ccccc2F)c2cc(Cl)ccc21. The van der Waals surface area contributed by atoms with Crippen molar-refractivity contribution < 1.29 is 4.39 Å². The molecule has 0 fully saturated rings. The summed E-state index contributed by atoms with van der Waals surface area (Å²) in [6.07, 6.45) is 1.45. The monoisotopic (exact) mass is 325 g/mol. The lowest BCUT2D eigenvalue weighted by molar-refractivity contribution is 0.625. The standard InChI is InChI=1S/C18H13ClFN3/c1-23-13(8-9-21)11-22-18(14-4-2-3-5-16(14)20)15-10-12(19)6-7-17(15)23/h2-8,10H,11H2,1H3.